The molecule has 96 valence electrons. The highest BCUT2D eigenvalue weighted by molar-refractivity contribution is 7.98. The minimum absolute atomic E-state index is 0.0215. The van der Waals surface area contributed by atoms with E-state index in [0.29, 0.717) is 17.9 Å². The first-order valence-electron chi connectivity index (χ1n) is 6.17. The Hall–Kier alpha value is -1.22. The van der Waals surface area contributed by atoms with Crippen molar-refractivity contribution in [3.63, 3.8) is 0 Å². The van der Waals surface area contributed by atoms with Gasteiger partial charge in [-0.1, -0.05) is 43.8 Å². The summed E-state index contributed by atoms with van der Waals surface area (Å²) in [7, 11) is 0. The molecule has 0 radical (unpaired) electrons. The quantitative estimate of drug-likeness (QED) is 0.600. The van der Waals surface area contributed by atoms with Crippen molar-refractivity contribution in [2.75, 3.05) is 5.75 Å². The summed E-state index contributed by atoms with van der Waals surface area (Å²) >= 11 is 1.88. The number of thioether (sulfide) groups is 1. The third-order valence-corrected chi connectivity index (χ3v) is 4.42. The Labute approximate surface area is 112 Å². The van der Waals surface area contributed by atoms with Crippen LogP contribution in [0.2, 0.25) is 0 Å². The predicted molar refractivity (Wildman–Crippen MR) is 75.4 cm³/mol. The summed E-state index contributed by atoms with van der Waals surface area (Å²) in [5, 5.41) is 0. The van der Waals surface area contributed by atoms with Crippen molar-refractivity contribution in [2.24, 2.45) is 5.92 Å². The number of cyclic esters (lactones) is 1. The van der Waals surface area contributed by atoms with Gasteiger partial charge < -0.3 is 4.74 Å². The molecule has 0 aromatic heterocycles. The molecule has 1 fully saturated rings. The normalized spacial score (nSPS) is 20.8. The molecular weight excluding hydrogens is 244 g/mol. The van der Waals surface area contributed by atoms with Crippen molar-refractivity contribution in [3.05, 3.63) is 48.0 Å². The second-order valence-corrected chi connectivity index (χ2v) is 5.76. The molecule has 1 aliphatic rings. The molecule has 18 heavy (non-hydrogen) atoms. The summed E-state index contributed by atoms with van der Waals surface area (Å²) in [6, 6.07) is 10.4. The summed E-state index contributed by atoms with van der Waals surface area (Å²) in [6.07, 6.45) is 0.708. The molecule has 0 aliphatic carbocycles. The molecule has 1 aliphatic heterocycles. The van der Waals surface area contributed by atoms with Crippen LogP contribution in [-0.2, 0) is 15.3 Å². The van der Waals surface area contributed by atoms with E-state index in [4.69, 9.17) is 4.74 Å². The van der Waals surface area contributed by atoms with Crippen LogP contribution in [0.25, 0.3) is 0 Å². The minimum Gasteiger partial charge on any atom is -0.458 e. The molecule has 1 aromatic carbocycles. The topological polar surface area (TPSA) is 26.3 Å². The Bertz CT molecular complexity index is 411. The zero-order valence-corrected chi connectivity index (χ0v) is 11.4. The first-order valence-corrected chi connectivity index (χ1v) is 7.32. The van der Waals surface area contributed by atoms with E-state index in [1.165, 1.54) is 5.56 Å². The molecule has 2 unspecified atom stereocenters. The SMILES string of the molecule is C=C1CC(C(C)CSCc2ccccc2)OC1=O. The van der Waals surface area contributed by atoms with Crippen molar-refractivity contribution < 1.29 is 9.53 Å². The maximum absolute atomic E-state index is 11.3. The van der Waals surface area contributed by atoms with Crippen LogP contribution < -0.4 is 0 Å². The molecule has 2 nitrogen and oxygen atoms in total. The van der Waals surface area contributed by atoms with E-state index in [0.717, 1.165) is 11.5 Å². The lowest BCUT2D eigenvalue weighted by atomic mass is 10.0. The molecule has 2 atom stereocenters. The van der Waals surface area contributed by atoms with Gasteiger partial charge in [0.2, 0.25) is 0 Å². The van der Waals surface area contributed by atoms with Gasteiger partial charge in [-0.3, -0.25) is 0 Å². The van der Waals surface area contributed by atoms with Crippen LogP contribution in [-0.4, -0.2) is 17.8 Å². The maximum atomic E-state index is 11.3. The monoisotopic (exact) mass is 262 g/mol. The van der Waals surface area contributed by atoms with E-state index >= 15 is 0 Å². The number of hydrogen-bond donors (Lipinski definition) is 0. The van der Waals surface area contributed by atoms with Crippen molar-refractivity contribution in [3.8, 4) is 0 Å². The molecule has 0 N–H and O–H groups in total. The molecule has 1 saturated heterocycles. The lowest BCUT2D eigenvalue weighted by molar-refractivity contribution is -0.140. The van der Waals surface area contributed by atoms with E-state index in [1.54, 1.807) is 0 Å². The Balaban J connectivity index is 1.74. The third-order valence-electron chi connectivity index (χ3n) is 3.12. The predicted octanol–water partition coefficient (Wildman–Crippen LogP) is 3.43. The fourth-order valence-electron chi connectivity index (χ4n) is 1.95. The fourth-order valence-corrected chi connectivity index (χ4v) is 3.08. The molecule has 3 heteroatoms. The fraction of sp³-hybridized carbons (Fsp3) is 0.400. The van der Waals surface area contributed by atoms with Gasteiger partial charge in [0.05, 0.1) is 0 Å². The van der Waals surface area contributed by atoms with Crippen molar-refractivity contribution in [1.82, 2.24) is 0 Å². The summed E-state index contributed by atoms with van der Waals surface area (Å²) in [6.45, 7) is 5.85. The first-order chi connectivity index (χ1) is 8.66. The minimum atomic E-state index is -0.222. The van der Waals surface area contributed by atoms with E-state index in [-0.39, 0.29) is 12.1 Å². The van der Waals surface area contributed by atoms with Gasteiger partial charge in [-0.25, -0.2) is 4.79 Å². The lowest BCUT2D eigenvalue weighted by Crippen LogP contribution is -2.19. The van der Waals surface area contributed by atoms with E-state index in [2.05, 4.69) is 37.8 Å². The average molecular weight is 262 g/mol. The number of benzene rings is 1. The molecule has 0 spiro atoms. The van der Waals surface area contributed by atoms with Gasteiger partial charge in [0, 0.05) is 23.7 Å². The highest BCUT2D eigenvalue weighted by Gasteiger charge is 2.31. The molecule has 0 amide bonds. The van der Waals surface area contributed by atoms with Gasteiger partial charge in [-0.15, -0.1) is 0 Å². The number of hydrogen-bond acceptors (Lipinski definition) is 3. The van der Waals surface area contributed by atoms with Gasteiger partial charge >= 0.3 is 5.97 Å². The van der Waals surface area contributed by atoms with Crippen LogP contribution in [0.5, 0.6) is 0 Å². The lowest BCUT2D eigenvalue weighted by Gasteiger charge is -2.17. The molecule has 2 rings (SSSR count). The molecule has 0 saturated carbocycles. The van der Waals surface area contributed by atoms with Gasteiger partial charge in [-0.05, 0) is 11.3 Å². The van der Waals surface area contributed by atoms with Gasteiger partial charge in [-0.2, -0.15) is 11.8 Å². The standard InChI is InChI=1S/C15H18O2S/c1-11-8-14(17-15(11)16)12(2)9-18-10-13-6-4-3-5-7-13/h3-7,12,14H,1,8-10H2,2H3. The number of carbonyl (C=O) groups excluding carboxylic acids is 1. The molecule has 1 heterocycles. The third kappa shape index (κ3) is 3.39. The summed E-state index contributed by atoms with van der Waals surface area (Å²) in [5.41, 5.74) is 1.95. The molecule has 0 bridgehead atoms. The summed E-state index contributed by atoms with van der Waals surface area (Å²) < 4.78 is 5.29. The van der Waals surface area contributed by atoms with Gasteiger partial charge in [0.15, 0.2) is 0 Å². The van der Waals surface area contributed by atoms with Crippen LogP contribution in [0.15, 0.2) is 42.5 Å². The Morgan fingerprint density at radius 2 is 2.17 bits per heavy atom. The van der Waals surface area contributed by atoms with Crippen LogP contribution in [0, 0.1) is 5.92 Å². The highest BCUT2D eigenvalue weighted by atomic mass is 32.2. The van der Waals surface area contributed by atoms with Crippen LogP contribution in [0.1, 0.15) is 18.9 Å². The molecular formula is C15H18O2S. The van der Waals surface area contributed by atoms with Gasteiger partial charge in [0.25, 0.3) is 0 Å². The Morgan fingerprint density at radius 1 is 1.44 bits per heavy atom. The largest absolute Gasteiger partial charge is 0.458 e. The number of carbonyl (C=O) groups is 1. The zero-order chi connectivity index (χ0) is 13.0. The average Bonchev–Trinajstić information content (AvgIpc) is 2.71. The van der Waals surface area contributed by atoms with Crippen LogP contribution in [0.3, 0.4) is 0 Å². The Morgan fingerprint density at radius 3 is 2.78 bits per heavy atom. The van der Waals surface area contributed by atoms with E-state index in [9.17, 15) is 4.79 Å². The highest BCUT2D eigenvalue weighted by Crippen LogP contribution is 2.27. The Kier molecular flexibility index (Phi) is 4.48. The van der Waals surface area contributed by atoms with Crippen LogP contribution in [0.4, 0.5) is 0 Å². The number of esters is 1. The molecule has 1 aromatic rings. The smallest absolute Gasteiger partial charge is 0.333 e. The maximum Gasteiger partial charge on any atom is 0.333 e. The van der Waals surface area contributed by atoms with Crippen molar-refractivity contribution >= 4 is 17.7 Å². The summed E-state index contributed by atoms with van der Waals surface area (Å²) in [5.74, 6) is 2.16. The van der Waals surface area contributed by atoms with Crippen molar-refractivity contribution in [2.45, 2.75) is 25.2 Å². The second kappa shape index (κ2) is 6.10. The zero-order valence-electron chi connectivity index (χ0n) is 10.6. The van der Waals surface area contributed by atoms with E-state index in [1.807, 2.05) is 17.8 Å². The first kappa shape index (κ1) is 13.2. The van der Waals surface area contributed by atoms with Crippen molar-refractivity contribution in [1.29, 1.82) is 0 Å². The van der Waals surface area contributed by atoms with Gasteiger partial charge in [0.1, 0.15) is 6.10 Å². The number of ether oxygens (including phenoxy) is 1. The van der Waals surface area contributed by atoms with Crippen LogP contribution >= 0.6 is 11.8 Å². The van der Waals surface area contributed by atoms with E-state index < -0.39 is 0 Å². The summed E-state index contributed by atoms with van der Waals surface area (Å²) in [4.78, 5) is 11.3. The second-order valence-electron chi connectivity index (χ2n) is 4.73. The number of rotatable bonds is 5.